The summed E-state index contributed by atoms with van der Waals surface area (Å²) in [5.74, 6) is 1.25. The third-order valence-corrected chi connectivity index (χ3v) is 5.29. The van der Waals surface area contributed by atoms with Crippen molar-refractivity contribution in [3.63, 3.8) is 0 Å². The number of nitrogens with one attached hydrogen (secondary N) is 1. The summed E-state index contributed by atoms with van der Waals surface area (Å²) in [6.45, 7) is 6.67. The van der Waals surface area contributed by atoms with E-state index in [0.717, 1.165) is 16.7 Å². The van der Waals surface area contributed by atoms with Crippen LogP contribution in [0.5, 0.6) is 11.5 Å². The molecule has 1 atom stereocenters. The summed E-state index contributed by atoms with van der Waals surface area (Å²) < 4.78 is 13.6. The van der Waals surface area contributed by atoms with Crippen molar-refractivity contribution in [2.24, 2.45) is 5.73 Å². The number of amides is 1. The highest BCUT2D eigenvalue weighted by Gasteiger charge is 2.32. The molecule has 31 heavy (non-hydrogen) atoms. The summed E-state index contributed by atoms with van der Waals surface area (Å²) in [4.78, 5) is 16.5. The zero-order valence-electron chi connectivity index (χ0n) is 17.8. The lowest BCUT2D eigenvalue weighted by molar-refractivity contribution is -0.115. The van der Waals surface area contributed by atoms with Crippen molar-refractivity contribution in [2.45, 2.75) is 33.4 Å². The number of nitrogens with zero attached hydrogens (tertiary/aromatic N) is 3. The topological polar surface area (TPSA) is 104 Å². The lowest BCUT2D eigenvalue weighted by Crippen LogP contribution is -2.31. The minimum Gasteiger partial charge on any atom is -0.490 e. The Morgan fingerprint density at radius 2 is 1.97 bits per heavy atom. The first-order valence-corrected chi connectivity index (χ1v) is 10.1. The summed E-state index contributed by atoms with van der Waals surface area (Å²) >= 11 is 0. The number of aryl methyl sites for hydroxylation is 1. The van der Waals surface area contributed by atoms with Gasteiger partial charge in [-0.25, -0.2) is 4.68 Å². The number of anilines is 1. The van der Waals surface area contributed by atoms with Crippen molar-refractivity contribution >= 4 is 11.9 Å². The molecule has 8 heteroatoms. The number of benzene rings is 2. The first-order valence-electron chi connectivity index (χ1n) is 10.1. The highest BCUT2D eigenvalue weighted by atomic mass is 16.5. The number of rotatable bonds is 7. The molecular formula is C23H25N5O3. The van der Waals surface area contributed by atoms with E-state index in [-0.39, 0.29) is 0 Å². The number of primary amides is 1. The maximum Gasteiger partial charge on any atom is 0.248 e. The number of hydrogen-bond acceptors (Lipinski definition) is 6. The van der Waals surface area contributed by atoms with Crippen LogP contribution in [-0.4, -0.2) is 27.3 Å². The number of carbonyl (C=O) groups excluding carboxylic acids is 1. The third-order valence-electron chi connectivity index (χ3n) is 5.29. The highest BCUT2D eigenvalue weighted by molar-refractivity contribution is 5.95. The summed E-state index contributed by atoms with van der Waals surface area (Å²) in [5.41, 5.74) is 9.85. The van der Waals surface area contributed by atoms with E-state index in [9.17, 15) is 4.79 Å². The third kappa shape index (κ3) is 3.96. The molecule has 1 aliphatic rings. The lowest BCUT2D eigenvalue weighted by Gasteiger charge is -2.28. The fourth-order valence-electron chi connectivity index (χ4n) is 3.73. The molecule has 0 saturated carbocycles. The Hall–Kier alpha value is -3.81. The number of fused-ring (bicyclic) bond motifs is 1. The molecule has 1 aliphatic heterocycles. The van der Waals surface area contributed by atoms with Crippen LogP contribution in [0.3, 0.4) is 0 Å². The summed E-state index contributed by atoms with van der Waals surface area (Å²) in [6.07, 6.45) is 1.44. The molecule has 0 unspecified atom stereocenters. The Bertz CT molecular complexity index is 1150. The quantitative estimate of drug-likeness (QED) is 0.609. The van der Waals surface area contributed by atoms with Crippen LogP contribution in [0.2, 0.25) is 0 Å². The first kappa shape index (κ1) is 20.5. The van der Waals surface area contributed by atoms with Crippen LogP contribution in [0.1, 0.15) is 36.6 Å². The number of carbonyl (C=O) groups is 1. The molecule has 8 nitrogen and oxygen atoms in total. The summed E-state index contributed by atoms with van der Waals surface area (Å²) in [5, 5.41) is 7.37. The van der Waals surface area contributed by atoms with Crippen LogP contribution in [0.15, 0.2) is 60.1 Å². The van der Waals surface area contributed by atoms with E-state index in [1.807, 2.05) is 43.3 Å². The Morgan fingerprint density at radius 3 is 2.71 bits per heavy atom. The maximum absolute atomic E-state index is 12.3. The number of nitrogens with two attached hydrogens (primary N) is 1. The lowest BCUT2D eigenvalue weighted by atomic mass is 9.95. The van der Waals surface area contributed by atoms with Gasteiger partial charge in [0.15, 0.2) is 11.5 Å². The van der Waals surface area contributed by atoms with E-state index in [1.165, 1.54) is 6.33 Å². The normalized spacial score (nSPS) is 15.3. The van der Waals surface area contributed by atoms with E-state index in [4.69, 9.17) is 15.2 Å². The molecule has 160 valence electrons. The Balaban J connectivity index is 1.70. The molecule has 3 aromatic rings. The fourth-order valence-corrected chi connectivity index (χ4v) is 3.73. The minimum atomic E-state index is -0.519. The molecule has 4 rings (SSSR count). The molecule has 0 aliphatic carbocycles. The molecule has 1 amide bonds. The number of hydrogen-bond donors (Lipinski definition) is 2. The summed E-state index contributed by atoms with van der Waals surface area (Å²) in [7, 11) is 0. The van der Waals surface area contributed by atoms with Crippen LogP contribution in [0, 0.1) is 6.92 Å². The standard InChI is InChI=1S/C23H25N5O3/c1-4-30-19-11-16(9-10-18(19)31-12-17-8-6-5-7-14(17)2)21-20(22(24)29)15(3)27-23-25-13-26-28(21)23/h5-11,13,21H,4,12H2,1-3H3,(H2,24,29)(H,25,26,27)/t21-/m0/s1. The monoisotopic (exact) mass is 419 g/mol. The predicted molar refractivity (Wildman–Crippen MR) is 117 cm³/mol. The summed E-state index contributed by atoms with van der Waals surface area (Å²) in [6, 6.07) is 13.2. The minimum absolute atomic E-state index is 0.425. The Morgan fingerprint density at radius 1 is 1.16 bits per heavy atom. The molecule has 2 aromatic carbocycles. The Labute approximate surface area is 180 Å². The van der Waals surface area contributed by atoms with Gasteiger partial charge in [0.25, 0.3) is 0 Å². The van der Waals surface area contributed by atoms with Gasteiger partial charge in [-0.05, 0) is 49.6 Å². The number of ether oxygens (including phenoxy) is 2. The van der Waals surface area contributed by atoms with Gasteiger partial charge < -0.3 is 20.5 Å². The van der Waals surface area contributed by atoms with E-state index in [1.54, 1.807) is 11.6 Å². The van der Waals surface area contributed by atoms with Crippen LogP contribution >= 0.6 is 0 Å². The molecule has 0 saturated heterocycles. The molecule has 0 fully saturated rings. The smallest absolute Gasteiger partial charge is 0.248 e. The molecule has 2 heterocycles. The number of aromatic nitrogens is 3. The zero-order valence-corrected chi connectivity index (χ0v) is 17.8. The molecule has 0 spiro atoms. The van der Waals surface area contributed by atoms with E-state index >= 15 is 0 Å². The fraction of sp³-hybridized carbons (Fsp3) is 0.261. The average Bonchev–Trinajstić information content (AvgIpc) is 3.21. The Kier molecular flexibility index (Phi) is 5.62. The maximum atomic E-state index is 12.3. The highest BCUT2D eigenvalue weighted by Crippen LogP contribution is 2.38. The van der Waals surface area contributed by atoms with E-state index in [2.05, 4.69) is 28.4 Å². The predicted octanol–water partition coefficient (Wildman–Crippen LogP) is 3.34. The molecule has 3 N–H and O–H groups in total. The van der Waals surface area contributed by atoms with Gasteiger partial charge >= 0.3 is 0 Å². The van der Waals surface area contributed by atoms with E-state index in [0.29, 0.717) is 41.9 Å². The van der Waals surface area contributed by atoms with Gasteiger partial charge in [0, 0.05) is 5.70 Å². The number of allylic oxidation sites excluding steroid dienone is 1. The molecule has 1 aromatic heterocycles. The molecule has 0 bridgehead atoms. The second kappa shape index (κ2) is 8.51. The van der Waals surface area contributed by atoms with Crippen molar-refractivity contribution < 1.29 is 14.3 Å². The van der Waals surface area contributed by atoms with Crippen molar-refractivity contribution in [1.82, 2.24) is 14.8 Å². The van der Waals surface area contributed by atoms with Crippen LogP contribution in [-0.2, 0) is 11.4 Å². The van der Waals surface area contributed by atoms with Gasteiger partial charge in [0.1, 0.15) is 19.0 Å². The largest absolute Gasteiger partial charge is 0.490 e. The molecular weight excluding hydrogens is 394 g/mol. The second-order valence-corrected chi connectivity index (χ2v) is 7.31. The van der Waals surface area contributed by atoms with Crippen molar-refractivity contribution in [2.75, 3.05) is 11.9 Å². The van der Waals surface area contributed by atoms with E-state index < -0.39 is 11.9 Å². The molecule has 0 radical (unpaired) electrons. The zero-order chi connectivity index (χ0) is 22.0. The van der Waals surface area contributed by atoms with Crippen LogP contribution in [0.25, 0.3) is 0 Å². The van der Waals surface area contributed by atoms with Gasteiger partial charge in [-0.1, -0.05) is 30.3 Å². The SMILES string of the molecule is CCOc1cc([C@H]2C(C(N)=O)=C(C)Nc3ncnn32)ccc1OCc1ccccc1C. The van der Waals surface area contributed by atoms with Crippen LogP contribution in [0.4, 0.5) is 5.95 Å². The van der Waals surface area contributed by atoms with Crippen molar-refractivity contribution in [3.05, 3.63) is 76.8 Å². The average molecular weight is 419 g/mol. The first-order chi connectivity index (χ1) is 15.0. The second-order valence-electron chi connectivity index (χ2n) is 7.31. The van der Waals surface area contributed by atoms with Crippen molar-refractivity contribution in [1.29, 1.82) is 0 Å². The van der Waals surface area contributed by atoms with Gasteiger partial charge in [-0.15, -0.1) is 0 Å². The van der Waals surface area contributed by atoms with Crippen LogP contribution < -0.4 is 20.5 Å². The van der Waals surface area contributed by atoms with Gasteiger partial charge in [-0.3, -0.25) is 4.79 Å². The van der Waals surface area contributed by atoms with Gasteiger partial charge in [0.2, 0.25) is 11.9 Å². The van der Waals surface area contributed by atoms with Gasteiger partial charge in [0.05, 0.1) is 12.2 Å². The van der Waals surface area contributed by atoms with Crippen molar-refractivity contribution in [3.8, 4) is 11.5 Å². The van der Waals surface area contributed by atoms with Gasteiger partial charge in [-0.2, -0.15) is 10.1 Å².